The first-order valence-electron chi connectivity index (χ1n) is 5.39. The number of carbonyl (C=O) groups is 1. The lowest BCUT2D eigenvalue weighted by Crippen LogP contribution is -2.14. The van der Waals surface area contributed by atoms with Crippen molar-refractivity contribution in [1.29, 1.82) is 0 Å². The average Bonchev–Trinajstić information content (AvgIpc) is 2.88. The number of nitrogens with two attached hydrogens (primary N) is 1. The molecule has 20 heavy (non-hydrogen) atoms. The SMILES string of the molecule is NS(=O)(=O)c1ccc(NCc2cscn2)c(C(=O)O)c1. The van der Waals surface area contributed by atoms with Crippen LogP contribution in [0, 0.1) is 0 Å². The maximum atomic E-state index is 11.2. The topological polar surface area (TPSA) is 122 Å². The molecule has 2 rings (SSSR count). The van der Waals surface area contributed by atoms with Crippen LogP contribution in [-0.4, -0.2) is 24.5 Å². The molecular weight excluding hydrogens is 302 g/mol. The zero-order valence-corrected chi connectivity index (χ0v) is 11.7. The van der Waals surface area contributed by atoms with E-state index in [-0.39, 0.29) is 10.5 Å². The molecular formula is C11H11N3O4S2. The Hall–Kier alpha value is -1.97. The maximum Gasteiger partial charge on any atom is 0.337 e. The fourth-order valence-corrected chi connectivity index (χ4v) is 2.64. The van der Waals surface area contributed by atoms with E-state index >= 15 is 0 Å². The second-order valence-electron chi connectivity index (χ2n) is 3.89. The van der Waals surface area contributed by atoms with Gasteiger partial charge in [0.1, 0.15) is 0 Å². The highest BCUT2D eigenvalue weighted by Crippen LogP contribution is 2.20. The summed E-state index contributed by atoms with van der Waals surface area (Å²) in [6, 6.07) is 3.65. The average molecular weight is 313 g/mol. The lowest BCUT2D eigenvalue weighted by Gasteiger charge is -2.09. The number of rotatable bonds is 5. The van der Waals surface area contributed by atoms with Crippen molar-refractivity contribution < 1.29 is 18.3 Å². The third-order valence-electron chi connectivity index (χ3n) is 2.49. The van der Waals surface area contributed by atoms with Gasteiger partial charge in [-0.1, -0.05) is 0 Å². The van der Waals surface area contributed by atoms with E-state index in [1.807, 2.05) is 5.38 Å². The first-order chi connectivity index (χ1) is 9.38. The number of hydrogen-bond acceptors (Lipinski definition) is 6. The molecule has 4 N–H and O–H groups in total. The summed E-state index contributed by atoms with van der Waals surface area (Å²) < 4.78 is 22.4. The zero-order valence-electron chi connectivity index (χ0n) is 10.1. The minimum Gasteiger partial charge on any atom is -0.478 e. The minimum atomic E-state index is -3.94. The van der Waals surface area contributed by atoms with Gasteiger partial charge in [0.05, 0.1) is 28.2 Å². The molecule has 0 spiro atoms. The number of carboxylic acid groups (broad SMARTS) is 1. The number of primary sulfonamides is 1. The maximum absolute atomic E-state index is 11.2. The molecule has 9 heteroatoms. The third-order valence-corrected chi connectivity index (χ3v) is 4.04. The van der Waals surface area contributed by atoms with E-state index in [1.54, 1.807) is 5.51 Å². The van der Waals surface area contributed by atoms with Crippen LogP contribution in [0.1, 0.15) is 16.1 Å². The van der Waals surface area contributed by atoms with Gasteiger partial charge < -0.3 is 10.4 Å². The zero-order chi connectivity index (χ0) is 14.8. The fourth-order valence-electron chi connectivity index (χ4n) is 1.54. The molecule has 0 aliphatic heterocycles. The number of nitrogens with one attached hydrogen (secondary N) is 1. The molecule has 106 valence electrons. The van der Waals surface area contributed by atoms with Gasteiger partial charge in [-0.15, -0.1) is 11.3 Å². The van der Waals surface area contributed by atoms with E-state index in [0.717, 1.165) is 11.8 Å². The number of aromatic carboxylic acids is 1. The van der Waals surface area contributed by atoms with Gasteiger partial charge in [0.15, 0.2) is 0 Å². The number of aromatic nitrogens is 1. The summed E-state index contributed by atoms with van der Waals surface area (Å²) in [4.78, 5) is 15.0. The molecule has 0 radical (unpaired) electrons. The van der Waals surface area contributed by atoms with Gasteiger partial charge in [-0.2, -0.15) is 0 Å². The number of anilines is 1. The quantitative estimate of drug-likeness (QED) is 0.759. The van der Waals surface area contributed by atoms with Crippen LogP contribution in [-0.2, 0) is 16.6 Å². The standard InChI is InChI=1S/C11H11N3O4S2/c12-20(17,18)8-1-2-10(9(3-8)11(15)16)13-4-7-5-19-6-14-7/h1-3,5-6,13H,4H2,(H,15,16)(H2,12,17,18). The minimum absolute atomic E-state index is 0.160. The monoisotopic (exact) mass is 313 g/mol. The van der Waals surface area contributed by atoms with Crippen molar-refractivity contribution in [3.63, 3.8) is 0 Å². The Morgan fingerprint density at radius 3 is 2.75 bits per heavy atom. The van der Waals surface area contributed by atoms with Crippen LogP contribution in [0.2, 0.25) is 0 Å². The second-order valence-corrected chi connectivity index (χ2v) is 6.17. The van der Waals surface area contributed by atoms with E-state index in [1.165, 1.54) is 23.5 Å². The Morgan fingerprint density at radius 1 is 1.45 bits per heavy atom. The molecule has 0 saturated carbocycles. The van der Waals surface area contributed by atoms with Crippen molar-refractivity contribution in [3.8, 4) is 0 Å². The molecule has 0 fully saturated rings. The molecule has 1 heterocycles. The van der Waals surface area contributed by atoms with Crippen LogP contribution in [0.5, 0.6) is 0 Å². The van der Waals surface area contributed by atoms with E-state index in [9.17, 15) is 13.2 Å². The van der Waals surface area contributed by atoms with Gasteiger partial charge in [-0.3, -0.25) is 0 Å². The highest BCUT2D eigenvalue weighted by atomic mass is 32.2. The number of benzene rings is 1. The van der Waals surface area contributed by atoms with Gasteiger partial charge in [0.25, 0.3) is 0 Å². The fraction of sp³-hybridized carbons (Fsp3) is 0.0909. The molecule has 0 bridgehead atoms. The Balaban J connectivity index is 2.31. The summed E-state index contributed by atoms with van der Waals surface area (Å²) in [5, 5.41) is 18.8. The molecule has 0 aliphatic rings. The van der Waals surface area contributed by atoms with E-state index in [0.29, 0.717) is 12.2 Å². The van der Waals surface area contributed by atoms with Crippen molar-refractivity contribution >= 4 is 33.0 Å². The Bertz CT molecular complexity index is 726. The van der Waals surface area contributed by atoms with Crippen molar-refractivity contribution in [2.45, 2.75) is 11.4 Å². The number of carboxylic acids is 1. The number of thiazole rings is 1. The first kappa shape index (κ1) is 14.4. The van der Waals surface area contributed by atoms with Crippen LogP contribution in [0.3, 0.4) is 0 Å². The van der Waals surface area contributed by atoms with Crippen LogP contribution in [0.15, 0.2) is 34.0 Å². The lowest BCUT2D eigenvalue weighted by atomic mass is 10.2. The summed E-state index contributed by atoms with van der Waals surface area (Å²) >= 11 is 1.43. The predicted octanol–water partition coefficient (Wildman–Crippen LogP) is 1.10. The number of nitrogens with zero attached hydrogens (tertiary/aromatic N) is 1. The van der Waals surface area contributed by atoms with Crippen molar-refractivity contribution in [2.24, 2.45) is 5.14 Å². The van der Waals surface area contributed by atoms with Crippen LogP contribution in [0.25, 0.3) is 0 Å². The van der Waals surface area contributed by atoms with Gasteiger partial charge in [-0.05, 0) is 18.2 Å². The third kappa shape index (κ3) is 3.32. The second kappa shape index (κ2) is 5.57. The van der Waals surface area contributed by atoms with E-state index in [4.69, 9.17) is 10.2 Å². The highest BCUT2D eigenvalue weighted by molar-refractivity contribution is 7.89. The summed E-state index contributed by atoms with van der Waals surface area (Å²) in [5.41, 5.74) is 2.57. The van der Waals surface area contributed by atoms with Crippen LogP contribution >= 0.6 is 11.3 Å². The van der Waals surface area contributed by atoms with Crippen molar-refractivity contribution in [3.05, 3.63) is 40.3 Å². The van der Waals surface area contributed by atoms with Crippen molar-refractivity contribution in [1.82, 2.24) is 4.98 Å². The highest BCUT2D eigenvalue weighted by Gasteiger charge is 2.15. The Morgan fingerprint density at radius 2 is 2.20 bits per heavy atom. The smallest absolute Gasteiger partial charge is 0.337 e. The van der Waals surface area contributed by atoms with Gasteiger partial charge in [0, 0.05) is 11.1 Å². The molecule has 1 aromatic carbocycles. The number of hydrogen-bond donors (Lipinski definition) is 3. The molecule has 2 aromatic rings. The van der Waals surface area contributed by atoms with Gasteiger partial charge >= 0.3 is 5.97 Å². The van der Waals surface area contributed by atoms with Crippen LogP contribution < -0.4 is 10.5 Å². The molecule has 1 aromatic heterocycles. The van der Waals surface area contributed by atoms with Gasteiger partial charge in [-0.25, -0.2) is 23.3 Å². The Labute approximate surface area is 119 Å². The first-order valence-corrected chi connectivity index (χ1v) is 7.88. The molecule has 0 amide bonds. The summed E-state index contributed by atoms with van der Waals surface area (Å²) in [7, 11) is -3.94. The largest absolute Gasteiger partial charge is 0.478 e. The summed E-state index contributed by atoms with van der Waals surface area (Å²) in [5.74, 6) is -1.24. The molecule has 0 atom stereocenters. The molecule has 7 nitrogen and oxygen atoms in total. The lowest BCUT2D eigenvalue weighted by molar-refractivity contribution is 0.0697. The van der Waals surface area contributed by atoms with Crippen LogP contribution in [0.4, 0.5) is 5.69 Å². The molecule has 0 saturated heterocycles. The normalized spacial score (nSPS) is 11.2. The van der Waals surface area contributed by atoms with Crippen molar-refractivity contribution in [2.75, 3.05) is 5.32 Å². The molecule has 0 unspecified atom stereocenters. The predicted molar refractivity (Wildman–Crippen MR) is 74.2 cm³/mol. The summed E-state index contributed by atoms with van der Waals surface area (Å²) in [6.45, 7) is 0.346. The number of sulfonamides is 1. The van der Waals surface area contributed by atoms with E-state index < -0.39 is 16.0 Å². The Kier molecular flexibility index (Phi) is 4.02. The van der Waals surface area contributed by atoms with E-state index in [2.05, 4.69) is 10.3 Å². The van der Waals surface area contributed by atoms with Gasteiger partial charge in [0.2, 0.25) is 10.0 Å². The molecule has 0 aliphatic carbocycles. The summed E-state index contributed by atoms with van der Waals surface area (Å²) in [6.07, 6.45) is 0.